The number of aromatic nitrogens is 1. The molecule has 3 rings (SSSR count). The Morgan fingerprint density at radius 3 is 2.70 bits per heavy atom. The molecule has 0 bridgehead atoms. The molecule has 0 aliphatic carbocycles. The van der Waals surface area contributed by atoms with E-state index in [1.165, 1.54) is 18.3 Å². The Morgan fingerprint density at radius 1 is 1.26 bits per heavy atom. The number of allylic oxidation sites excluding steroid dienone is 1. The minimum Gasteiger partial charge on any atom is -0.497 e. The number of hydrogen-bond donors (Lipinski definition) is 1. The molecule has 0 radical (unpaired) electrons. The van der Waals surface area contributed by atoms with Crippen LogP contribution in [0.2, 0.25) is 0 Å². The molecule has 0 unspecified atom stereocenters. The molecule has 0 saturated carbocycles. The normalized spacial score (nSPS) is 10.9. The molecule has 0 amide bonds. The van der Waals surface area contributed by atoms with Crippen LogP contribution in [-0.4, -0.2) is 17.9 Å². The number of ketones is 1. The molecule has 0 fully saturated rings. The van der Waals surface area contributed by atoms with Crippen molar-refractivity contribution in [3.63, 3.8) is 0 Å². The number of benzene rings is 2. The number of carbonyl (C=O) groups is 1. The van der Waals surface area contributed by atoms with Gasteiger partial charge in [-0.25, -0.2) is 4.98 Å². The largest absolute Gasteiger partial charge is 0.497 e. The van der Waals surface area contributed by atoms with Gasteiger partial charge in [0.15, 0.2) is 5.78 Å². The van der Waals surface area contributed by atoms with Gasteiger partial charge in [0, 0.05) is 28.4 Å². The van der Waals surface area contributed by atoms with Crippen LogP contribution in [0, 0.1) is 11.3 Å². The molecule has 134 valence electrons. The highest BCUT2D eigenvalue weighted by Gasteiger charge is 2.09. The van der Waals surface area contributed by atoms with Gasteiger partial charge in [0.05, 0.1) is 12.8 Å². The number of anilines is 1. The molecule has 6 heteroatoms. The number of carbonyl (C=O) groups excluding carboxylic acids is 1. The summed E-state index contributed by atoms with van der Waals surface area (Å²) in [5, 5.41) is 15.1. The maximum Gasteiger partial charge on any atom is 0.159 e. The lowest BCUT2D eigenvalue weighted by Gasteiger charge is -2.03. The van der Waals surface area contributed by atoms with Crippen LogP contribution in [-0.2, 0) is 0 Å². The number of nitrogens with zero attached hydrogens (tertiary/aromatic N) is 2. The van der Waals surface area contributed by atoms with E-state index in [-0.39, 0.29) is 5.78 Å². The van der Waals surface area contributed by atoms with Crippen molar-refractivity contribution in [1.29, 1.82) is 5.26 Å². The number of nitrogens with one attached hydrogen (secondary N) is 1. The first-order valence-corrected chi connectivity index (χ1v) is 9.07. The summed E-state index contributed by atoms with van der Waals surface area (Å²) in [6.07, 6.45) is 1.61. The smallest absolute Gasteiger partial charge is 0.159 e. The Balaban J connectivity index is 1.80. The molecular formula is C21H17N3O2S. The summed E-state index contributed by atoms with van der Waals surface area (Å²) >= 11 is 1.40. The molecule has 3 aromatic rings. The second-order valence-corrected chi connectivity index (χ2v) is 6.58. The highest BCUT2D eigenvalue weighted by atomic mass is 32.1. The van der Waals surface area contributed by atoms with E-state index in [1.807, 2.05) is 35.7 Å². The zero-order valence-electron chi connectivity index (χ0n) is 14.9. The van der Waals surface area contributed by atoms with E-state index in [2.05, 4.69) is 16.4 Å². The van der Waals surface area contributed by atoms with Gasteiger partial charge in [-0.2, -0.15) is 5.26 Å². The number of Topliss-reactive ketones (excluding diaryl/α,β-unsaturated/α-hetero) is 1. The van der Waals surface area contributed by atoms with Gasteiger partial charge in [-0.15, -0.1) is 11.3 Å². The maximum atomic E-state index is 11.5. The topological polar surface area (TPSA) is 75.0 Å². The maximum absolute atomic E-state index is 11.5. The second kappa shape index (κ2) is 8.30. The van der Waals surface area contributed by atoms with Gasteiger partial charge >= 0.3 is 0 Å². The number of rotatable bonds is 6. The van der Waals surface area contributed by atoms with E-state index in [1.54, 1.807) is 31.5 Å². The summed E-state index contributed by atoms with van der Waals surface area (Å²) < 4.78 is 5.16. The first-order chi connectivity index (χ1) is 13.1. The summed E-state index contributed by atoms with van der Waals surface area (Å²) in [4.78, 5) is 16.0. The van der Waals surface area contributed by atoms with Gasteiger partial charge in [0.1, 0.15) is 22.4 Å². The van der Waals surface area contributed by atoms with Crippen molar-refractivity contribution in [2.24, 2.45) is 0 Å². The van der Waals surface area contributed by atoms with Gasteiger partial charge < -0.3 is 10.1 Å². The number of nitriles is 1. The summed E-state index contributed by atoms with van der Waals surface area (Å²) in [6, 6.07) is 16.9. The minimum atomic E-state index is -0.00723. The number of methoxy groups -OCH3 is 1. The molecule has 0 aliphatic heterocycles. The van der Waals surface area contributed by atoms with Crippen LogP contribution in [0.15, 0.2) is 60.1 Å². The zero-order chi connectivity index (χ0) is 19.2. The predicted octanol–water partition coefficient (Wildman–Crippen LogP) is 5.00. The average Bonchev–Trinajstić information content (AvgIpc) is 3.19. The summed E-state index contributed by atoms with van der Waals surface area (Å²) in [5.41, 5.74) is 3.54. The van der Waals surface area contributed by atoms with E-state index in [4.69, 9.17) is 4.74 Å². The van der Waals surface area contributed by atoms with Crippen molar-refractivity contribution in [1.82, 2.24) is 4.98 Å². The van der Waals surface area contributed by atoms with Crippen molar-refractivity contribution in [3.05, 3.63) is 70.7 Å². The van der Waals surface area contributed by atoms with E-state index < -0.39 is 0 Å². The van der Waals surface area contributed by atoms with Crippen molar-refractivity contribution in [2.75, 3.05) is 12.4 Å². The number of thiazole rings is 1. The molecular weight excluding hydrogens is 358 g/mol. The minimum absolute atomic E-state index is 0.00723. The van der Waals surface area contributed by atoms with Gasteiger partial charge in [-0.1, -0.05) is 12.1 Å². The number of ether oxygens (including phenoxy) is 1. The highest BCUT2D eigenvalue weighted by Crippen LogP contribution is 2.27. The standard InChI is InChI=1S/C21H17N3O2S/c1-14(25)16-4-3-5-18(10-16)23-12-17(11-22)21-24-20(13-27-21)15-6-8-19(26-2)9-7-15/h3-10,12-13,23H,1-2H3/b17-12+. The zero-order valence-corrected chi connectivity index (χ0v) is 15.7. The fraction of sp³-hybridized carbons (Fsp3) is 0.0952. The molecule has 2 aromatic carbocycles. The van der Waals surface area contributed by atoms with E-state index >= 15 is 0 Å². The van der Waals surface area contributed by atoms with Crippen molar-refractivity contribution in [3.8, 4) is 23.1 Å². The highest BCUT2D eigenvalue weighted by molar-refractivity contribution is 7.11. The van der Waals surface area contributed by atoms with Gasteiger partial charge in [-0.3, -0.25) is 4.79 Å². The molecule has 0 aliphatic rings. The SMILES string of the molecule is COc1ccc(-c2csc(/C(C#N)=C/Nc3cccc(C(C)=O)c3)n2)cc1. The molecule has 1 N–H and O–H groups in total. The Morgan fingerprint density at radius 2 is 2.04 bits per heavy atom. The fourth-order valence-electron chi connectivity index (χ4n) is 2.42. The second-order valence-electron chi connectivity index (χ2n) is 5.72. The first kappa shape index (κ1) is 18.4. The van der Waals surface area contributed by atoms with Crippen molar-refractivity contribution in [2.45, 2.75) is 6.92 Å². The lowest BCUT2D eigenvalue weighted by molar-refractivity contribution is 0.101. The monoisotopic (exact) mass is 375 g/mol. The average molecular weight is 375 g/mol. The lowest BCUT2D eigenvalue weighted by atomic mass is 10.1. The third kappa shape index (κ3) is 4.40. The van der Waals surface area contributed by atoms with Crippen LogP contribution >= 0.6 is 11.3 Å². The van der Waals surface area contributed by atoms with Crippen molar-refractivity contribution < 1.29 is 9.53 Å². The van der Waals surface area contributed by atoms with E-state index in [9.17, 15) is 10.1 Å². The van der Waals surface area contributed by atoms with Crippen LogP contribution in [0.4, 0.5) is 5.69 Å². The van der Waals surface area contributed by atoms with Crippen LogP contribution < -0.4 is 10.1 Å². The van der Waals surface area contributed by atoms with Gasteiger partial charge in [0.25, 0.3) is 0 Å². The third-order valence-electron chi connectivity index (χ3n) is 3.89. The Labute approximate surface area is 161 Å². The molecule has 1 heterocycles. The first-order valence-electron chi connectivity index (χ1n) is 8.19. The molecule has 0 spiro atoms. The summed E-state index contributed by atoms with van der Waals surface area (Å²) in [5.74, 6) is 0.774. The van der Waals surface area contributed by atoms with E-state index in [0.29, 0.717) is 16.1 Å². The number of hydrogen-bond acceptors (Lipinski definition) is 6. The molecule has 5 nitrogen and oxygen atoms in total. The predicted molar refractivity (Wildman–Crippen MR) is 108 cm³/mol. The Kier molecular flexibility index (Phi) is 5.64. The molecule has 1 aromatic heterocycles. The summed E-state index contributed by atoms with van der Waals surface area (Å²) in [7, 11) is 1.62. The van der Waals surface area contributed by atoms with Crippen LogP contribution in [0.1, 0.15) is 22.3 Å². The van der Waals surface area contributed by atoms with Gasteiger partial charge in [-0.05, 0) is 43.3 Å². The summed E-state index contributed by atoms with van der Waals surface area (Å²) in [6.45, 7) is 1.52. The van der Waals surface area contributed by atoms with E-state index in [0.717, 1.165) is 22.7 Å². The Hall–Kier alpha value is -3.43. The fourth-order valence-corrected chi connectivity index (χ4v) is 3.21. The lowest BCUT2D eigenvalue weighted by Crippen LogP contribution is -1.95. The van der Waals surface area contributed by atoms with Crippen LogP contribution in [0.25, 0.3) is 16.8 Å². The Bertz CT molecular complexity index is 1030. The molecule has 0 saturated heterocycles. The molecule has 0 atom stereocenters. The van der Waals surface area contributed by atoms with Crippen LogP contribution in [0.3, 0.4) is 0 Å². The third-order valence-corrected chi connectivity index (χ3v) is 4.77. The van der Waals surface area contributed by atoms with Crippen molar-refractivity contribution >= 4 is 28.4 Å². The quantitative estimate of drug-likeness (QED) is 0.485. The van der Waals surface area contributed by atoms with Gasteiger partial charge in [0.2, 0.25) is 0 Å². The van der Waals surface area contributed by atoms with Crippen LogP contribution in [0.5, 0.6) is 5.75 Å². The molecule has 27 heavy (non-hydrogen) atoms.